The fraction of sp³-hybridized carbons (Fsp3) is 0.946. The molecule has 0 bridgehead atoms. The molecule has 0 aliphatic heterocycles. The molecule has 0 aromatic heterocycles. The van der Waals surface area contributed by atoms with Crippen molar-refractivity contribution in [1.29, 1.82) is 0 Å². The molecule has 0 aliphatic rings. The van der Waals surface area contributed by atoms with Gasteiger partial charge in [-0.25, -0.2) is 0 Å². The van der Waals surface area contributed by atoms with Gasteiger partial charge in [-0.1, -0.05) is 309 Å². The second kappa shape index (κ2) is 52.5. The smallest absolute Gasteiger partial charge is 0.220 e. The van der Waals surface area contributed by atoms with Gasteiger partial charge in [-0.05, 0) is 19.3 Å². The lowest BCUT2D eigenvalue weighted by molar-refractivity contribution is -0.123. The Morgan fingerprint density at radius 3 is 0.867 bits per heavy atom. The molecule has 0 saturated carbocycles. The maximum Gasteiger partial charge on any atom is 0.220 e. The van der Waals surface area contributed by atoms with Gasteiger partial charge in [-0.2, -0.15) is 0 Å². The average Bonchev–Trinajstić information content (AvgIpc) is 3.25. The third-order valence-corrected chi connectivity index (χ3v) is 13.3. The first-order valence-corrected chi connectivity index (χ1v) is 27.9. The van der Waals surface area contributed by atoms with E-state index in [1.807, 2.05) is 6.08 Å². The number of aliphatic hydroxyl groups is 2. The lowest BCUT2D eigenvalue weighted by atomic mass is 10.0. The van der Waals surface area contributed by atoms with Crippen LogP contribution in [0.1, 0.15) is 322 Å². The molecule has 0 heterocycles. The standard InChI is InChI=1S/C56H111NO3/c1-3-5-7-9-11-13-15-17-19-21-22-23-24-25-26-27-28-29-30-31-32-33-34-36-38-40-42-44-46-48-50-52-56(60)57-54(53-58)55(59)51-49-47-45-43-41-39-37-35-20-18-16-14-12-10-8-6-4-2/h49,51,54-55,58-59H,3-48,50,52-53H2,1-2H3,(H,57,60)/b51-49+. The second-order valence-electron chi connectivity index (χ2n) is 19.4. The normalized spacial score (nSPS) is 12.8. The molecule has 60 heavy (non-hydrogen) atoms. The van der Waals surface area contributed by atoms with E-state index in [9.17, 15) is 15.0 Å². The van der Waals surface area contributed by atoms with E-state index < -0.39 is 12.1 Å². The fourth-order valence-electron chi connectivity index (χ4n) is 9.01. The topological polar surface area (TPSA) is 69.6 Å². The highest BCUT2D eigenvalue weighted by molar-refractivity contribution is 5.76. The molecule has 2 atom stereocenters. The maximum absolute atomic E-state index is 12.5. The summed E-state index contributed by atoms with van der Waals surface area (Å²) in [5.74, 6) is -0.0562. The first-order chi connectivity index (χ1) is 29.7. The van der Waals surface area contributed by atoms with Gasteiger partial charge >= 0.3 is 0 Å². The Bertz CT molecular complexity index is 829. The predicted molar refractivity (Wildman–Crippen MR) is 267 cm³/mol. The van der Waals surface area contributed by atoms with Gasteiger partial charge in [-0.15, -0.1) is 0 Å². The minimum atomic E-state index is -0.835. The van der Waals surface area contributed by atoms with Crippen LogP contribution in [0.15, 0.2) is 12.2 Å². The summed E-state index contributed by atoms with van der Waals surface area (Å²) in [6.45, 7) is 4.35. The number of unbranched alkanes of at least 4 members (excludes halogenated alkanes) is 45. The van der Waals surface area contributed by atoms with Crippen LogP contribution in [0.2, 0.25) is 0 Å². The van der Waals surface area contributed by atoms with Crippen molar-refractivity contribution < 1.29 is 15.0 Å². The molecule has 358 valence electrons. The van der Waals surface area contributed by atoms with Crippen molar-refractivity contribution in [3.63, 3.8) is 0 Å². The number of carbonyl (C=O) groups excluding carboxylic acids is 1. The number of hydrogen-bond acceptors (Lipinski definition) is 3. The van der Waals surface area contributed by atoms with Crippen molar-refractivity contribution in [2.24, 2.45) is 0 Å². The maximum atomic E-state index is 12.5. The molecule has 4 heteroatoms. The number of allylic oxidation sites excluding steroid dienone is 1. The van der Waals surface area contributed by atoms with Gasteiger partial charge in [0.2, 0.25) is 5.91 Å². The van der Waals surface area contributed by atoms with Crippen LogP contribution in [0.3, 0.4) is 0 Å². The molecule has 0 aliphatic carbocycles. The van der Waals surface area contributed by atoms with Crippen LogP contribution in [-0.2, 0) is 4.79 Å². The van der Waals surface area contributed by atoms with E-state index in [0.717, 1.165) is 25.7 Å². The van der Waals surface area contributed by atoms with Gasteiger partial charge in [-0.3, -0.25) is 4.79 Å². The number of rotatable bonds is 52. The monoisotopic (exact) mass is 846 g/mol. The number of carbonyl (C=O) groups is 1. The van der Waals surface area contributed by atoms with E-state index in [1.165, 1.54) is 276 Å². The Morgan fingerprint density at radius 1 is 0.383 bits per heavy atom. The highest BCUT2D eigenvalue weighted by Crippen LogP contribution is 2.18. The van der Waals surface area contributed by atoms with Crippen LogP contribution in [0, 0.1) is 0 Å². The molecular weight excluding hydrogens is 735 g/mol. The van der Waals surface area contributed by atoms with E-state index in [2.05, 4.69) is 19.2 Å². The zero-order valence-corrected chi connectivity index (χ0v) is 41.3. The predicted octanol–water partition coefficient (Wildman–Crippen LogP) is 18.1. The van der Waals surface area contributed by atoms with Crippen molar-refractivity contribution >= 4 is 5.91 Å². The minimum absolute atomic E-state index is 0.0562. The molecule has 3 N–H and O–H groups in total. The largest absolute Gasteiger partial charge is 0.394 e. The Kier molecular flexibility index (Phi) is 51.7. The Hall–Kier alpha value is -0.870. The van der Waals surface area contributed by atoms with E-state index >= 15 is 0 Å². The number of aliphatic hydroxyl groups excluding tert-OH is 2. The van der Waals surface area contributed by atoms with Crippen LogP contribution in [0.5, 0.6) is 0 Å². The highest BCUT2D eigenvalue weighted by atomic mass is 16.3. The molecule has 0 fully saturated rings. The van der Waals surface area contributed by atoms with E-state index in [0.29, 0.717) is 6.42 Å². The van der Waals surface area contributed by atoms with Crippen molar-refractivity contribution in [3.05, 3.63) is 12.2 Å². The summed E-state index contributed by atoms with van der Waals surface area (Å²) in [5.41, 5.74) is 0. The molecule has 0 aromatic carbocycles. The summed E-state index contributed by atoms with van der Waals surface area (Å²) < 4.78 is 0. The van der Waals surface area contributed by atoms with Crippen LogP contribution < -0.4 is 5.32 Å². The SMILES string of the molecule is CCCCCCCCCCCCCCCCC/C=C/C(O)C(CO)NC(=O)CCCCCCCCCCCCCCCCCCCCCCCCCCCCCCCCC. The molecule has 0 aromatic rings. The lowest BCUT2D eigenvalue weighted by Gasteiger charge is -2.20. The van der Waals surface area contributed by atoms with Crippen LogP contribution >= 0.6 is 0 Å². The lowest BCUT2D eigenvalue weighted by Crippen LogP contribution is -2.45. The number of hydrogen-bond donors (Lipinski definition) is 3. The summed E-state index contributed by atoms with van der Waals surface area (Å²) in [7, 11) is 0. The molecule has 0 spiro atoms. The van der Waals surface area contributed by atoms with Gasteiger partial charge in [0, 0.05) is 6.42 Å². The Balaban J connectivity index is 3.41. The fourth-order valence-corrected chi connectivity index (χ4v) is 9.01. The first-order valence-electron chi connectivity index (χ1n) is 27.9. The molecule has 0 rings (SSSR count). The van der Waals surface area contributed by atoms with E-state index in [1.54, 1.807) is 6.08 Å². The molecule has 4 nitrogen and oxygen atoms in total. The summed E-state index contributed by atoms with van der Waals surface area (Å²) in [6, 6.07) is -0.617. The van der Waals surface area contributed by atoms with Crippen molar-refractivity contribution in [2.45, 2.75) is 334 Å². The molecule has 0 saturated heterocycles. The highest BCUT2D eigenvalue weighted by Gasteiger charge is 2.18. The Morgan fingerprint density at radius 2 is 0.617 bits per heavy atom. The van der Waals surface area contributed by atoms with Crippen molar-refractivity contribution in [3.8, 4) is 0 Å². The Labute approximate surface area is 377 Å². The zero-order chi connectivity index (χ0) is 43.5. The second-order valence-corrected chi connectivity index (χ2v) is 19.4. The van der Waals surface area contributed by atoms with Gasteiger partial charge in [0.25, 0.3) is 0 Å². The van der Waals surface area contributed by atoms with Crippen molar-refractivity contribution in [2.75, 3.05) is 6.61 Å². The average molecular weight is 847 g/mol. The molecule has 1 amide bonds. The number of amides is 1. The van der Waals surface area contributed by atoms with Crippen LogP contribution in [0.4, 0.5) is 0 Å². The summed E-state index contributed by atoms with van der Waals surface area (Å²) >= 11 is 0. The van der Waals surface area contributed by atoms with Crippen molar-refractivity contribution in [1.82, 2.24) is 5.32 Å². The van der Waals surface area contributed by atoms with Gasteiger partial charge in [0.05, 0.1) is 18.8 Å². The molecule has 0 radical (unpaired) electrons. The molecular formula is C56H111NO3. The van der Waals surface area contributed by atoms with Gasteiger partial charge in [0.15, 0.2) is 0 Å². The summed E-state index contributed by atoms with van der Waals surface area (Å²) in [6.07, 6.45) is 68.1. The minimum Gasteiger partial charge on any atom is -0.394 e. The van der Waals surface area contributed by atoms with Gasteiger partial charge < -0.3 is 15.5 Å². The van der Waals surface area contributed by atoms with Gasteiger partial charge in [0.1, 0.15) is 0 Å². The quantitative estimate of drug-likeness (QED) is 0.0422. The third kappa shape index (κ3) is 48.2. The van der Waals surface area contributed by atoms with E-state index in [-0.39, 0.29) is 12.5 Å². The number of nitrogens with one attached hydrogen (secondary N) is 1. The summed E-state index contributed by atoms with van der Waals surface area (Å²) in [5, 5.41) is 23.1. The van der Waals surface area contributed by atoms with E-state index in [4.69, 9.17) is 0 Å². The zero-order valence-electron chi connectivity index (χ0n) is 41.3. The summed E-state index contributed by atoms with van der Waals surface area (Å²) in [4.78, 5) is 12.5. The third-order valence-electron chi connectivity index (χ3n) is 13.3. The van der Waals surface area contributed by atoms with Crippen LogP contribution in [0.25, 0.3) is 0 Å². The van der Waals surface area contributed by atoms with Crippen LogP contribution in [-0.4, -0.2) is 34.9 Å². The molecule has 2 unspecified atom stereocenters. The first kappa shape index (κ1) is 59.1.